The van der Waals surface area contributed by atoms with Crippen molar-refractivity contribution in [2.75, 3.05) is 11.4 Å². The zero-order chi connectivity index (χ0) is 16.4. The highest BCUT2D eigenvalue weighted by Crippen LogP contribution is 2.28. The Kier molecular flexibility index (Phi) is 4.15. The van der Waals surface area contributed by atoms with Crippen LogP contribution in [-0.4, -0.2) is 24.5 Å². The number of hydrogen-bond donors (Lipinski definition) is 0. The van der Waals surface area contributed by atoms with E-state index in [2.05, 4.69) is 0 Å². The second-order valence-corrected chi connectivity index (χ2v) is 5.79. The maximum atomic E-state index is 12.6. The Hall–Kier alpha value is -2.62. The highest BCUT2D eigenvalue weighted by atomic mass is 16.5. The molecular formula is C19H19NO3. The summed E-state index contributed by atoms with van der Waals surface area (Å²) in [7, 11) is 0. The number of fused-ring (bicyclic) bond motifs is 1. The number of benzene rings is 2. The molecule has 0 fully saturated rings. The van der Waals surface area contributed by atoms with Gasteiger partial charge in [-0.15, -0.1) is 0 Å². The summed E-state index contributed by atoms with van der Waals surface area (Å²) in [5.74, 6) is -0.655. The molecule has 0 saturated heterocycles. The summed E-state index contributed by atoms with van der Waals surface area (Å²) in [5, 5.41) is 0. The normalized spacial score (nSPS) is 14.3. The number of para-hydroxylation sites is 1. The van der Waals surface area contributed by atoms with Gasteiger partial charge in [-0.2, -0.15) is 0 Å². The summed E-state index contributed by atoms with van der Waals surface area (Å²) in [4.78, 5) is 26.5. The zero-order valence-corrected chi connectivity index (χ0v) is 13.3. The molecule has 0 aromatic heterocycles. The summed E-state index contributed by atoms with van der Waals surface area (Å²) < 4.78 is 5.35. The lowest BCUT2D eigenvalue weighted by Crippen LogP contribution is -2.39. The Bertz CT molecular complexity index is 754. The van der Waals surface area contributed by atoms with Gasteiger partial charge in [0, 0.05) is 12.2 Å². The topological polar surface area (TPSA) is 46.6 Å². The number of anilines is 1. The van der Waals surface area contributed by atoms with Gasteiger partial charge in [0.15, 0.2) is 6.10 Å². The van der Waals surface area contributed by atoms with Crippen molar-refractivity contribution in [3.63, 3.8) is 0 Å². The predicted molar refractivity (Wildman–Crippen MR) is 88.6 cm³/mol. The van der Waals surface area contributed by atoms with E-state index in [1.807, 2.05) is 37.3 Å². The van der Waals surface area contributed by atoms with Gasteiger partial charge in [0.1, 0.15) is 0 Å². The molecule has 0 aliphatic carbocycles. The third kappa shape index (κ3) is 3.11. The van der Waals surface area contributed by atoms with Crippen molar-refractivity contribution in [2.24, 2.45) is 0 Å². The first kappa shape index (κ1) is 15.3. The first-order chi connectivity index (χ1) is 11.1. The molecule has 2 aromatic carbocycles. The van der Waals surface area contributed by atoms with Crippen molar-refractivity contribution in [1.82, 2.24) is 0 Å². The van der Waals surface area contributed by atoms with E-state index in [-0.39, 0.29) is 5.91 Å². The first-order valence-corrected chi connectivity index (χ1v) is 7.73. The fraction of sp³-hybridized carbons (Fsp3) is 0.263. The first-order valence-electron chi connectivity index (χ1n) is 7.73. The van der Waals surface area contributed by atoms with E-state index in [4.69, 9.17) is 4.74 Å². The highest BCUT2D eigenvalue weighted by molar-refractivity contribution is 6.00. The van der Waals surface area contributed by atoms with Crippen LogP contribution in [0.15, 0.2) is 48.5 Å². The average molecular weight is 309 g/mol. The smallest absolute Gasteiger partial charge is 0.338 e. The minimum Gasteiger partial charge on any atom is -0.449 e. The number of nitrogens with zero attached hydrogens (tertiary/aromatic N) is 1. The molecule has 1 atom stereocenters. The summed E-state index contributed by atoms with van der Waals surface area (Å²) in [6.07, 6.45) is 0.0228. The fourth-order valence-electron chi connectivity index (χ4n) is 2.84. The molecule has 1 unspecified atom stereocenters. The van der Waals surface area contributed by atoms with E-state index < -0.39 is 12.1 Å². The largest absolute Gasteiger partial charge is 0.449 e. The van der Waals surface area contributed by atoms with Gasteiger partial charge in [-0.1, -0.05) is 35.9 Å². The van der Waals surface area contributed by atoms with Gasteiger partial charge in [-0.25, -0.2) is 4.79 Å². The third-order valence-electron chi connectivity index (χ3n) is 4.04. The van der Waals surface area contributed by atoms with Gasteiger partial charge < -0.3 is 9.64 Å². The van der Waals surface area contributed by atoms with Crippen molar-refractivity contribution in [3.8, 4) is 0 Å². The van der Waals surface area contributed by atoms with Crippen molar-refractivity contribution < 1.29 is 14.3 Å². The standard InChI is InChI=1S/C19H19NO3/c1-13-6-5-8-16(12-13)19(22)23-14(2)18(21)20-11-10-15-7-3-4-9-17(15)20/h3-9,12,14H,10-11H2,1-2H3. The molecule has 0 spiro atoms. The van der Waals surface area contributed by atoms with Crippen LogP contribution in [0.4, 0.5) is 5.69 Å². The Labute approximate surface area is 135 Å². The van der Waals surface area contributed by atoms with E-state index in [0.717, 1.165) is 23.2 Å². The second kappa shape index (κ2) is 6.24. The van der Waals surface area contributed by atoms with E-state index >= 15 is 0 Å². The Morgan fingerprint density at radius 2 is 1.91 bits per heavy atom. The van der Waals surface area contributed by atoms with Crippen LogP contribution in [0.3, 0.4) is 0 Å². The van der Waals surface area contributed by atoms with Crippen LogP contribution in [0, 0.1) is 6.92 Å². The molecule has 118 valence electrons. The van der Waals surface area contributed by atoms with Gasteiger partial charge in [0.05, 0.1) is 5.56 Å². The van der Waals surface area contributed by atoms with Gasteiger partial charge >= 0.3 is 5.97 Å². The van der Waals surface area contributed by atoms with Gasteiger partial charge in [-0.3, -0.25) is 4.79 Å². The molecule has 0 saturated carbocycles. The number of aryl methyl sites for hydroxylation is 1. The SMILES string of the molecule is Cc1cccc(C(=O)OC(C)C(=O)N2CCc3ccccc32)c1. The number of amides is 1. The molecule has 1 amide bonds. The number of carbonyl (C=O) groups excluding carboxylic acids is 2. The molecule has 2 aromatic rings. The van der Waals surface area contributed by atoms with Crippen molar-refractivity contribution in [2.45, 2.75) is 26.4 Å². The molecule has 23 heavy (non-hydrogen) atoms. The Balaban J connectivity index is 1.70. The van der Waals surface area contributed by atoms with Crippen LogP contribution >= 0.6 is 0 Å². The van der Waals surface area contributed by atoms with Crippen LogP contribution < -0.4 is 4.90 Å². The quantitative estimate of drug-likeness (QED) is 0.818. The van der Waals surface area contributed by atoms with Crippen LogP contribution in [0.25, 0.3) is 0 Å². The molecule has 1 heterocycles. The fourth-order valence-corrected chi connectivity index (χ4v) is 2.84. The number of ether oxygens (including phenoxy) is 1. The van der Waals surface area contributed by atoms with Crippen molar-refractivity contribution in [3.05, 3.63) is 65.2 Å². The molecular weight excluding hydrogens is 290 g/mol. The lowest BCUT2D eigenvalue weighted by molar-refractivity contribution is -0.126. The van der Waals surface area contributed by atoms with Crippen LogP contribution in [-0.2, 0) is 16.0 Å². The van der Waals surface area contributed by atoms with E-state index in [1.54, 1.807) is 30.0 Å². The zero-order valence-electron chi connectivity index (χ0n) is 13.3. The maximum absolute atomic E-state index is 12.6. The monoisotopic (exact) mass is 309 g/mol. The summed E-state index contributed by atoms with van der Waals surface area (Å²) in [6.45, 7) is 4.16. The van der Waals surface area contributed by atoms with E-state index in [1.165, 1.54) is 0 Å². The molecule has 3 rings (SSSR count). The second-order valence-electron chi connectivity index (χ2n) is 5.79. The number of carbonyl (C=O) groups is 2. The number of rotatable bonds is 3. The maximum Gasteiger partial charge on any atom is 0.338 e. The molecule has 1 aliphatic rings. The number of hydrogen-bond acceptors (Lipinski definition) is 3. The van der Waals surface area contributed by atoms with Gasteiger partial charge in [0.25, 0.3) is 5.91 Å². The summed E-state index contributed by atoms with van der Waals surface area (Å²) >= 11 is 0. The molecule has 4 nitrogen and oxygen atoms in total. The van der Waals surface area contributed by atoms with E-state index in [0.29, 0.717) is 12.1 Å². The van der Waals surface area contributed by atoms with Crippen molar-refractivity contribution in [1.29, 1.82) is 0 Å². The Morgan fingerprint density at radius 1 is 1.13 bits per heavy atom. The molecule has 0 radical (unpaired) electrons. The van der Waals surface area contributed by atoms with Crippen LogP contribution in [0.2, 0.25) is 0 Å². The number of esters is 1. The minimum absolute atomic E-state index is 0.184. The molecule has 4 heteroatoms. The van der Waals surface area contributed by atoms with Gasteiger partial charge in [0.2, 0.25) is 0 Å². The summed E-state index contributed by atoms with van der Waals surface area (Å²) in [5.41, 5.74) is 3.51. The van der Waals surface area contributed by atoms with E-state index in [9.17, 15) is 9.59 Å². The molecule has 0 N–H and O–H groups in total. The molecule has 0 bridgehead atoms. The Morgan fingerprint density at radius 3 is 2.70 bits per heavy atom. The summed E-state index contributed by atoms with van der Waals surface area (Å²) in [6, 6.07) is 15.0. The predicted octanol–water partition coefficient (Wildman–Crippen LogP) is 3.13. The van der Waals surface area contributed by atoms with Crippen LogP contribution in [0.1, 0.15) is 28.4 Å². The van der Waals surface area contributed by atoms with Gasteiger partial charge in [-0.05, 0) is 44.0 Å². The van der Waals surface area contributed by atoms with Crippen LogP contribution in [0.5, 0.6) is 0 Å². The van der Waals surface area contributed by atoms with Crippen molar-refractivity contribution >= 4 is 17.6 Å². The highest BCUT2D eigenvalue weighted by Gasteiger charge is 2.29. The molecule has 1 aliphatic heterocycles. The average Bonchev–Trinajstić information content (AvgIpc) is 2.98. The lowest BCUT2D eigenvalue weighted by atomic mass is 10.1. The third-order valence-corrected chi connectivity index (χ3v) is 4.04. The minimum atomic E-state index is -0.811. The lowest BCUT2D eigenvalue weighted by Gasteiger charge is -2.21.